The molecule has 4 aromatic rings. The molecule has 0 bridgehead atoms. The largest absolute Gasteiger partial charge is 0.390 e. The first kappa shape index (κ1) is 30.6. The average molecular weight is 591 g/mol. The highest BCUT2D eigenvalue weighted by Gasteiger charge is 2.75. The van der Waals surface area contributed by atoms with Gasteiger partial charge in [0.05, 0.1) is 11.7 Å². The topological polar surface area (TPSA) is 127 Å². The van der Waals surface area contributed by atoms with E-state index in [1.165, 1.54) is 0 Å². The first-order valence-electron chi connectivity index (χ1n) is 13.8. The molecule has 0 amide bonds. The summed E-state index contributed by atoms with van der Waals surface area (Å²) in [7, 11) is 0. The molecule has 1 aliphatic rings. The number of hydrogen-bond donors (Lipinski definition) is 5. The number of hydrogen-bond acceptors (Lipinski definition) is 7. The second-order valence-corrected chi connectivity index (χ2v) is 11.0. The fourth-order valence-corrected chi connectivity index (χ4v) is 6.00. The van der Waals surface area contributed by atoms with Gasteiger partial charge >= 0.3 is 0 Å². The molecule has 5 rings (SSSR count). The highest BCUT2D eigenvalue weighted by molar-refractivity contribution is 6.04. The molecule has 0 spiro atoms. The van der Waals surface area contributed by atoms with Gasteiger partial charge in [-0.3, -0.25) is 4.79 Å². The first-order chi connectivity index (χ1) is 20.5. The highest BCUT2D eigenvalue weighted by Crippen LogP contribution is 2.50. The van der Waals surface area contributed by atoms with Crippen molar-refractivity contribution in [2.45, 2.75) is 54.6 Å². The number of aliphatic hydroxyl groups excluding tert-OH is 2. The van der Waals surface area contributed by atoms with E-state index in [9.17, 15) is 39.1 Å². The number of rotatable bonds is 9. The van der Waals surface area contributed by atoms with Crippen LogP contribution in [0.1, 0.15) is 27.0 Å². The highest BCUT2D eigenvalue weighted by atomic mass is 19.1. The molecular weight excluding hydrogens is 558 g/mol. The molecule has 1 heterocycles. The number of ether oxygens (including phenoxy) is 1. The second kappa shape index (κ2) is 12.0. The van der Waals surface area contributed by atoms with E-state index in [1.54, 1.807) is 91.0 Å². The van der Waals surface area contributed by atoms with E-state index in [0.717, 1.165) is 6.07 Å². The van der Waals surface area contributed by atoms with Crippen molar-refractivity contribution >= 4 is 5.78 Å². The molecule has 0 radical (unpaired) electrons. The Hall–Kier alpha value is -3.83. The maximum absolute atomic E-state index is 14.9. The van der Waals surface area contributed by atoms with Gasteiger partial charge in [0.1, 0.15) is 28.9 Å². The molecule has 1 saturated heterocycles. The number of halogens is 2. The molecule has 7 nitrogen and oxygen atoms in total. The molecule has 0 aliphatic carbocycles. The van der Waals surface area contributed by atoms with Crippen LogP contribution in [0.25, 0.3) is 0 Å². The van der Waals surface area contributed by atoms with Crippen molar-refractivity contribution in [1.82, 2.24) is 0 Å². The Morgan fingerprint density at radius 2 is 1.28 bits per heavy atom. The minimum atomic E-state index is -3.44. The lowest BCUT2D eigenvalue weighted by atomic mass is 9.58. The lowest BCUT2D eigenvalue weighted by Gasteiger charge is -2.60. The predicted octanol–water partition coefficient (Wildman–Crippen LogP) is 3.15. The van der Waals surface area contributed by atoms with Crippen LogP contribution in [-0.2, 0) is 24.0 Å². The van der Waals surface area contributed by atoms with Gasteiger partial charge in [-0.2, -0.15) is 0 Å². The average Bonchev–Trinajstić information content (AvgIpc) is 3.00. The smallest absolute Gasteiger partial charge is 0.210 e. The Morgan fingerprint density at radius 1 is 0.767 bits per heavy atom. The Bertz CT molecular complexity index is 1560. The van der Waals surface area contributed by atoms with Crippen molar-refractivity contribution in [2.24, 2.45) is 0 Å². The number of carbonyl (C=O) groups excluding carboxylic acids is 1. The van der Waals surface area contributed by atoms with Crippen molar-refractivity contribution in [3.63, 3.8) is 0 Å². The maximum atomic E-state index is 14.9. The monoisotopic (exact) mass is 590 g/mol. The van der Waals surface area contributed by atoms with Gasteiger partial charge in [-0.15, -0.1) is 0 Å². The lowest BCUT2D eigenvalue weighted by molar-refractivity contribution is -0.385. The minimum absolute atomic E-state index is 0.0956. The molecule has 1 aliphatic heterocycles. The summed E-state index contributed by atoms with van der Waals surface area (Å²) >= 11 is 0. The van der Waals surface area contributed by atoms with E-state index in [2.05, 4.69) is 0 Å². The summed E-state index contributed by atoms with van der Waals surface area (Å²) in [6, 6.07) is 27.0. The van der Waals surface area contributed by atoms with E-state index >= 15 is 0 Å². The van der Waals surface area contributed by atoms with Gasteiger partial charge in [0.25, 0.3) is 0 Å². The van der Waals surface area contributed by atoms with Crippen molar-refractivity contribution in [1.29, 1.82) is 0 Å². The third-order valence-corrected chi connectivity index (χ3v) is 8.23. The fraction of sp³-hybridized carbons (Fsp3) is 0.265. The summed E-state index contributed by atoms with van der Waals surface area (Å²) in [6.07, 6.45) is -7.14. The number of carbonyl (C=O) groups is 1. The fourth-order valence-electron chi connectivity index (χ4n) is 6.00. The van der Waals surface area contributed by atoms with Gasteiger partial charge in [-0.1, -0.05) is 91.0 Å². The van der Waals surface area contributed by atoms with Crippen LogP contribution >= 0.6 is 0 Å². The van der Waals surface area contributed by atoms with Gasteiger partial charge in [-0.05, 0) is 34.9 Å². The minimum Gasteiger partial charge on any atom is -0.390 e. The number of benzene rings is 4. The third-order valence-electron chi connectivity index (χ3n) is 8.23. The van der Waals surface area contributed by atoms with Crippen molar-refractivity contribution in [3.05, 3.63) is 143 Å². The van der Waals surface area contributed by atoms with E-state index in [1.807, 2.05) is 0 Å². The van der Waals surface area contributed by atoms with Crippen LogP contribution in [0.3, 0.4) is 0 Å². The van der Waals surface area contributed by atoms with Crippen molar-refractivity contribution in [3.8, 4) is 0 Å². The molecule has 1 unspecified atom stereocenters. The van der Waals surface area contributed by atoms with Crippen LogP contribution in [-0.4, -0.2) is 66.6 Å². The standard InChI is InChI=1S/C34H32F2O7/c35-25-16-17-27(36)26(19-25)29(38)34(42)31(39)43-30(28(37)18-22-10-4-1-5-11-22)32(40,20-23-12-6-2-7-13-23)33(34,41)21-24-14-8-3-9-15-24/h1-17,19,28,30-31,37,39-42H,18,20-21H2/t28?,30-,31+,32-,33+,34-/m1/s1. The molecule has 6 atom stereocenters. The van der Waals surface area contributed by atoms with Crippen molar-refractivity contribution in [2.75, 3.05) is 0 Å². The van der Waals surface area contributed by atoms with E-state index in [0.29, 0.717) is 28.8 Å². The summed E-state index contributed by atoms with van der Waals surface area (Å²) < 4.78 is 34.8. The molecule has 5 N–H and O–H groups in total. The van der Waals surface area contributed by atoms with E-state index in [-0.39, 0.29) is 6.42 Å². The molecule has 0 aromatic heterocycles. The summed E-state index contributed by atoms with van der Waals surface area (Å²) in [4.78, 5) is 14.0. The molecule has 0 saturated carbocycles. The Kier molecular flexibility index (Phi) is 8.58. The zero-order valence-electron chi connectivity index (χ0n) is 23.1. The SMILES string of the molecule is O=C(c1cc(F)ccc1F)[C@@]1(O)[C@@H](O)O[C@H](C(O)Cc2ccccc2)[C@](O)(Cc2ccccc2)[C@@]1(O)Cc1ccccc1. The summed E-state index contributed by atoms with van der Waals surface area (Å²) in [5.41, 5.74) is -8.74. The van der Waals surface area contributed by atoms with Gasteiger partial charge < -0.3 is 30.3 Å². The zero-order valence-corrected chi connectivity index (χ0v) is 23.1. The number of Topliss-reactive ketones (excluding diaryl/α,β-unsaturated/α-hetero) is 1. The van der Waals surface area contributed by atoms with Crippen LogP contribution < -0.4 is 0 Å². The summed E-state index contributed by atoms with van der Waals surface area (Å²) in [5.74, 6) is -3.85. The summed E-state index contributed by atoms with van der Waals surface area (Å²) in [6.45, 7) is 0. The van der Waals surface area contributed by atoms with Gasteiger partial charge in [0.2, 0.25) is 11.4 Å². The molecule has 1 fully saturated rings. The molecular formula is C34H32F2O7. The normalized spacial score (nSPS) is 27.9. The lowest BCUT2D eigenvalue weighted by Crippen LogP contribution is -2.84. The van der Waals surface area contributed by atoms with Gasteiger partial charge in [0, 0.05) is 19.3 Å². The molecule has 9 heteroatoms. The maximum Gasteiger partial charge on any atom is 0.210 e. The first-order valence-corrected chi connectivity index (χ1v) is 13.8. The molecule has 224 valence electrons. The van der Waals surface area contributed by atoms with Crippen LogP contribution in [0, 0.1) is 11.6 Å². The molecule has 4 aromatic carbocycles. The van der Waals surface area contributed by atoms with E-state index in [4.69, 9.17) is 4.74 Å². The van der Waals surface area contributed by atoms with Crippen molar-refractivity contribution < 1.29 is 43.8 Å². The Morgan fingerprint density at radius 3 is 1.84 bits per heavy atom. The van der Waals surface area contributed by atoms with Gasteiger partial charge in [0.15, 0.2) is 6.29 Å². The predicted molar refractivity (Wildman–Crippen MR) is 153 cm³/mol. The zero-order chi connectivity index (χ0) is 30.8. The quantitative estimate of drug-likeness (QED) is 0.190. The van der Waals surface area contributed by atoms with Gasteiger partial charge in [-0.25, -0.2) is 8.78 Å². The van der Waals surface area contributed by atoms with Crippen LogP contribution in [0.4, 0.5) is 8.78 Å². The number of ketones is 1. The third kappa shape index (κ3) is 5.51. The summed E-state index contributed by atoms with van der Waals surface area (Å²) in [5, 5.41) is 60.3. The Balaban J connectivity index is 1.72. The Labute approximate surface area is 247 Å². The van der Waals surface area contributed by atoms with Crippen LogP contribution in [0.5, 0.6) is 0 Å². The second-order valence-electron chi connectivity index (χ2n) is 11.0. The van der Waals surface area contributed by atoms with E-state index < -0.39 is 71.1 Å². The van der Waals surface area contributed by atoms with Crippen LogP contribution in [0.2, 0.25) is 0 Å². The number of aliphatic hydroxyl groups is 5. The molecule has 43 heavy (non-hydrogen) atoms. The van der Waals surface area contributed by atoms with Crippen LogP contribution in [0.15, 0.2) is 109 Å².